The van der Waals surface area contributed by atoms with E-state index >= 15 is 0 Å². The average Bonchev–Trinajstić information content (AvgIpc) is 2.63. The highest BCUT2D eigenvalue weighted by Crippen LogP contribution is 2.40. The summed E-state index contributed by atoms with van der Waals surface area (Å²) in [6.45, 7) is 7.72. The van der Waals surface area contributed by atoms with Crippen LogP contribution in [0.15, 0.2) is 24.3 Å². The van der Waals surface area contributed by atoms with E-state index in [1.165, 1.54) is 11.1 Å². The third-order valence-electron chi connectivity index (χ3n) is 5.89. The summed E-state index contributed by atoms with van der Waals surface area (Å²) < 4.78 is 5.50. The highest BCUT2D eigenvalue weighted by molar-refractivity contribution is 5.74. The number of aryl methyl sites for hydroxylation is 1. The second-order valence-electron chi connectivity index (χ2n) is 7.37. The molecule has 0 aromatic heterocycles. The van der Waals surface area contributed by atoms with Crippen LogP contribution < -0.4 is 5.32 Å². The molecule has 1 atom stereocenters. The number of nitrogens with one attached hydrogen (secondary N) is 1. The monoisotopic (exact) mass is 330 g/mol. The van der Waals surface area contributed by atoms with E-state index in [4.69, 9.17) is 4.74 Å². The molecule has 1 aromatic carbocycles. The van der Waals surface area contributed by atoms with Gasteiger partial charge in [0.1, 0.15) is 0 Å². The number of hydrogen-bond acceptors (Lipinski definition) is 2. The van der Waals surface area contributed by atoms with E-state index in [9.17, 15) is 4.79 Å². The second kappa shape index (κ2) is 7.56. The predicted molar refractivity (Wildman–Crippen MR) is 96.1 cm³/mol. The third kappa shape index (κ3) is 3.92. The van der Waals surface area contributed by atoms with Crippen molar-refractivity contribution in [2.24, 2.45) is 5.41 Å². The van der Waals surface area contributed by atoms with E-state index in [1.54, 1.807) is 0 Å². The van der Waals surface area contributed by atoms with Gasteiger partial charge in [-0.2, -0.15) is 0 Å². The SMILES string of the molecule is CCc1ccc([C@H](C)NC(=O)N2CCC3(CCOCC3)CC2)cc1. The van der Waals surface area contributed by atoms with E-state index in [-0.39, 0.29) is 12.1 Å². The fraction of sp³-hybridized carbons (Fsp3) is 0.650. The summed E-state index contributed by atoms with van der Waals surface area (Å²) in [4.78, 5) is 14.6. The lowest BCUT2D eigenvalue weighted by Crippen LogP contribution is -2.49. The molecule has 2 amide bonds. The zero-order valence-corrected chi connectivity index (χ0v) is 15.0. The fourth-order valence-corrected chi connectivity index (χ4v) is 3.89. The van der Waals surface area contributed by atoms with Crippen LogP contribution in [0, 0.1) is 5.41 Å². The molecule has 1 N–H and O–H groups in total. The van der Waals surface area contributed by atoms with E-state index in [0.29, 0.717) is 5.41 Å². The molecule has 0 aliphatic carbocycles. The Hall–Kier alpha value is -1.55. The molecule has 0 bridgehead atoms. The van der Waals surface area contributed by atoms with Crippen LogP contribution in [0.1, 0.15) is 56.7 Å². The largest absolute Gasteiger partial charge is 0.381 e. The summed E-state index contributed by atoms with van der Waals surface area (Å²) >= 11 is 0. The molecule has 2 saturated heterocycles. The number of urea groups is 1. The maximum absolute atomic E-state index is 12.6. The molecule has 4 nitrogen and oxygen atoms in total. The lowest BCUT2D eigenvalue weighted by molar-refractivity contribution is -0.0146. The Kier molecular flexibility index (Phi) is 5.44. The van der Waals surface area contributed by atoms with E-state index in [1.807, 2.05) is 4.90 Å². The quantitative estimate of drug-likeness (QED) is 0.913. The Morgan fingerprint density at radius 1 is 1.17 bits per heavy atom. The van der Waals surface area contributed by atoms with E-state index in [2.05, 4.69) is 43.4 Å². The van der Waals surface area contributed by atoms with Crippen LogP contribution in [0.4, 0.5) is 4.79 Å². The number of rotatable bonds is 3. The maximum atomic E-state index is 12.6. The van der Waals surface area contributed by atoms with Crippen LogP contribution in [0.5, 0.6) is 0 Å². The third-order valence-corrected chi connectivity index (χ3v) is 5.89. The lowest BCUT2D eigenvalue weighted by Gasteiger charge is -2.44. The molecule has 0 unspecified atom stereocenters. The zero-order valence-electron chi connectivity index (χ0n) is 15.0. The van der Waals surface area contributed by atoms with Gasteiger partial charge in [-0.05, 0) is 55.6 Å². The van der Waals surface area contributed by atoms with E-state index < -0.39 is 0 Å². The molecule has 2 heterocycles. The minimum absolute atomic E-state index is 0.0439. The first kappa shape index (κ1) is 17.3. The van der Waals surface area contributed by atoms with Crippen molar-refractivity contribution in [2.75, 3.05) is 26.3 Å². The summed E-state index contributed by atoms with van der Waals surface area (Å²) in [6, 6.07) is 8.65. The Morgan fingerprint density at radius 2 is 1.79 bits per heavy atom. The number of piperidine rings is 1. The van der Waals surface area contributed by atoms with Crippen LogP contribution in [0.25, 0.3) is 0 Å². The smallest absolute Gasteiger partial charge is 0.317 e. The Labute approximate surface area is 145 Å². The first-order chi connectivity index (χ1) is 11.6. The summed E-state index contributed by atoms with van der Waals surface area (Å²) in [7, 11) is 0. The summed E-state index contributed by atoms with van der Waals surface area (Å²) in [5.41, 5.74) is 2.92. The summed E-state index contributed by atoms with van der Waals surface area (Å²) in [6.07, 6.45) is 5.58. The van der Waals surface area contributed by atoms with Gasteiger partial charge in [-0.3, -0.25) is 0 Å². The van der Waals surface area contributed by atoms with Gasteiger partial charge in [0.25, 0.3) is 0 Å². The molecule has 2 fully saturated rings. The number of amides is 2. The van der Waals surface area contributed by atoms with Crippen molar-refractivity contribution in [2.45, 2.75) is 52.0 Å². The Balaban J connectivity index is 1.51. The van der Waals surface area contributed by atoms with Crippen LogP contribution >= 0.6 is 0 Å². The van der Waals surface area contributed by atoms with Crippen molar-refractivity contribution in [3.63, 3.8) is 0 Å². The normalized spacial score (nSPS) is 21.5. The molecule has 4 heteroatoms. The van der Waals surface area contributed by atoms with Crippen LogP contribution in [-0.2, 0) is 11.2 Å². The highest BCUT2D eigenvalue weighted by Gasteiger charge is 2.37. The van der Waals surface area contributed by atoms with Gasteiger partial charge in [0, 0.05) is 26.3 Å². The highest BCUT2D eigenvalue weighted by atomic mass is 16.5. The zero-order chi connectivity index (χ0) is 17.0. The molecule has 2 aliphatic rings. The van der Waals surface area contributed by atoms with Crippen LogP contribution in [0.3, 0.4) is 0 Å². The van der Waals surface area contributed by atoms with Crippen molar-refractivity contribution < 1.29 is 9.53 Å². The van der Waals surface area contributed by atoms with Gasteiger partial charge >= 0.3 is 6.03 Å². The van der Waals surface area contributed by atoms with Gasteiger partial charge in [0.05, 0.1) is 6.04 Å². The molecular weight excluding hydrogens is 300 g/mol. The molecule has 2 aliphatic heterocycles. The predicted octanol–water partition coefficient (Wildman–Crippen LogP) is 3.91. The fourth-order valence-electron chi connectivity index (χ4n) is 3.89. The summed E-state index contributed by atoms with van der Waals surface area (Å²) in [5, 5.41) is 3.16. The van der Waals surface area contributed by atoms with Gasteiger partial charge in [-0.25, -0.2) is 4.79 Å². The minimum Gasteiger partial charge on any atom is -0.381 e. The van der Waals surface area contributed by atoms with Gasteiger partial charge in [0.15, 0.2) is 0 Å². The van der Waals surface area contributed by atoms with Gasteiger partial charge in [-0.15, -0.1) is 0 Å². The van der Waals surface area contributed by atoms with Crippen molar-refractivity contribution >= 4 is 6.03 Å². The Morgan fingerprint density at radius 3 is 2.38 bits per heavy atom. The molecule has 1 spiro atoms. The van der Waals surface area contributed by atoms with Crippen LogP contribution in [0.2, 0.25) is 0 Å². The molecule has 1 aromatic rings. The molecular formula is C20H30N2O2. The number of benzene rings is 1. The van der Waals surface area contributed by atoms with Crippen molar-refractivity contribution in [3.05, 3.63) is 35.4 Å². The number of ether oxygens (including phenoxy) is 1. The molecule has 132 valence electrons. The van der Waals surface area contributed by atoms with Crippen molar-refractivity contribution in [1.29, 1.82) is 0 Å². The number of carbonyl (C=O) groups is 1. The standard InChI is InChI=1S/C20H30N2O2/c1-3-17-4-6-18(7-5-17)16(2)21-19(23)22-12-8-20(9-13-22)10-14-24-15-11-20/h4-7,16H,3,8-15H2,1-2H3,(H,21,23)/t16-/m0/s1. The summed E-state index contributed by atoms with van der Waals surface area (Å²) in [5.74, 6) is 0. The van der Waals surface area contributed by atoms with Crippen molar-refractivity contribution in [1.82, 2.24) is 10.2 Å². The number of likely N-dealkylation sites (tertiary alicyclic amines) is 1. The van der Waals surface area contributed by atoms with Crippen molar-refractivity contribution in [3.8, 4) is 0 Å². The van der Waals surface area contributed by atoms with Crippen LogP contribution in [-0.4, -0.2) is 37.2 Å². The molecule has 0 saturated carbocycles. The number of hydrogen-bond donors (Lipinski definition) is 1. The number of nitrogens with zero attached hydrogens (tertiary/aromatic N) is 1. The lowest BCUT2D eigenvalue weighted by atomic mass is 9.72. The Bertz CT molecular complexity index is 539. The minimum atomic E-state index is 0.0439. The molecule has 24 heavy (non-hydrogen) atoms. The van der Waals surface area contributed by atoms with Gasteiger partial charge < -0.3 is 15.0 Å². The van der Waals surface area contributed by atoms with Gasteiger partial charge in [0.2, 0.25) is 0 Å². The number of carbonyl (C=O) groups excluding carboxylic acids is 1. The second-order valence-corrected chi connectivity index (χ2v) is 7.37. The first-order valence-electron chi connectivity index (χ1n) is 9.34. The topological polar surface area (TPSA) is 41.6 Å². The van der Waals surface area contributed by atoms with E-state index in [0.717, 1.165) is 58.4 Å². The molecule has 0 radical (unpaired) electrons. The first-order valence-corrected chi connectivity index (χ1v) is 9.34. The van der Waals surface area contributed by atoms with Gasteiger partial charge in [-0.1, -0.05) is 31.2 Å². The maximum Gasteiger partial charge on any atom is 0.317 e. The average molecular weight is 330 g/mol. The molecule has 3 rings (SSSR count).